The lowest BCUT2D eigenvalue weighted by Crippen LogP contribution is -2.26. The highest BCUT2D eigenvalue weighted by Gasteiger charge is 2.07. The van der Waals surface area contributed by atoms with Crippen LogP contribution in [0.4, 0.5) is 0 Å². The summed E-state index contributed by atoms with van der Waals surface area (Å²) in [7, 11) is 0. The molecule has 3 heteroatoms. The van der Waals surface area contributed by atoms with Crippen LogP contribution in [0, 0.1) is 13.8 Å². The zero-order valence-corrected chi connectivity index (χ0v) is 10.9. The van der Waals surface area contributed by atoms with Gasteiger partial charge in [-0.25, -0.2) is 0 Å². The van der Waals surface area contributed by atoms with E-state index in [4.69, 9.17) is 4.74 Å². The van der Waals surface area contributed by atoms with Gasteiger partial charge in [-0.2, -0.15) is 0 Å². The predicted octanol–water partition coefficient (Wildman–Crippen LogP) is 2.46. The number of amides is 1. The second kappa shape index (κ2) is 7.07. The molecule has 1 aromatic carbocycles. The molecule has 0 heterocycles. The van der Waals surface area contributed by atoms with Gasteiger partial charge in [0.25, 0.3) is 5.91 Å². The molecule has 0 fully saturated rings. The lowest BCUT2D eigenvalue weighted by molar-refractivity contribution is 0.0943. The molecule has 1 N–H and O–H groups in total. The summed E-state index contributed by atoms with van der Waals surface area (Å²) in [6, 6.07) is 5.92. The van der Waals surface area contributed by atoms with Crippen LogP contribution < -0.4 is 5.32 Å². The van der Waals surface area contributed by atoms with E-state index in [0.717, 1.165) is 29.7 Å². The van der Waals surface area contributed by atoms with E-state index in [1.165, 1.54) is 0 Å². The molecule has 3 nitrogen and oxygen atoms in total. The molecule has 0 aliphatic carbocycles. The van der Waals surface area contributed by atoms with Crippen molar-refractivity contribution in [3.63, 3.8) is 0 Å². The lowest BCUT2D eigenvalue weighted by atomic mass is 10.1. The molecule has 94 valence electrons. The van der Waals surface area contributed by atoms with E-state index in [2.05, 4.69) is 5.32 Å². The lowest BCUT2D eigenvalue weighted by Gasteiger charge is -2.08. The molecule has 0 radical (unpaired) electrons. The molecular formula is C14H21NO2. The highest BCUT2D eigenvalue weighted by molar-refractivity contribution is 5.95. The fraction of sp³-hybridized carbons (Fsp3) is 0.500. The molecule has 17 heavy (non-hydrogen) atoms. The number of carbonyl (C=O) groups is 1. The standard InChI is InChI=1S/C14H21NO2/c1-4-17-9-5-8-15-14(16)13-10-11(2)6-7-12(13)3/h6-7,10H,4-5,8-9H2,1-3H3,(H,15,16). The molecule has 0 atom stereocenters. The Kier molecular flexibility index (Phi) is 5.70. The number of benzene rings is 1. The van der Waals surface area contributed by atoms with Gasteiger partial charge in [0.2, 0.25) is 0 Å². The minimum atomic E-state index is 0.00250. The van der Waals surface area contributed by atoms with Gasteiger partial charge in [-0.3, -0.25) is 4.79 Å². The van der Waals surface area contributed by atoms with Crippen LogP contribution in [0.25, 0.3) is 0 Å². The molecule has 0 unspecified atom stereocenters. The summed E-state index contributed by atoms with van der Waals surface area (Å²) in [6.45, 7) is 8.00. The number of hydrogen-bond acceptors (Lipinski definition) is 2. The van der Waals surface area contributed by atoms with Gasteiger partial charge in [-0.1, -0.05) is 17.7 Å². The molecule has 0 aromatic heterocycles. The van der Waals surface area contributed by atoms with E-state index in [-0.39, 0.29) is 5.91 Å². The van der Waals surface area contributed by atoms with Crippen molar-refractivity contribution in [3.05, 3.63) is 34.9 Å². The van der Waals surface area contributed by atoms with Gasteiger partial charge in [0, 0.05) is 25.3 Å². The summed E-state index contributed by atoms with van der Waals surface area (Å²) in [5.74, 6) is 0.00250. The SMILES string of the molecule is CCOCCCNC(=O)c1cc(C)ccc1C. The normalized spacial score (nSPS) is 10.3. The van der Waals surface area contributed by atoms with Crippen molar-refractivity contribution in [1.82, 2.24) is 5.32 Å². The number of ether oxygens (including phenoxy) is 1. The second-order valence-electron chi connectivity index (χ2n) is 4.12. The average Bonchev–Trinajstić information content (AvgIpc) is 2.32. The first-order chi connectivity index (χ1) is 8.15. The van der Waals surface area contributed by atoms with Crippen molar-refractivity contribution in [2.75, 3.05) is 19.8 Å². The maximum Gasteiger partial charge on any atom is 0.251 e. The first kappa shape index (κ1) is 13.7. The van der Waals surface area contributed by atoms with Crippen LogP contribution in [0.5, 0.6) is 0 Å². The van der Waals surface area contributed by atoms with Crippen LogP contribution in [-0.4, -0.2) is 25.7 Å². The molecule has 0 aliphatic rings. The molecule has 0 bridgehead atoms. The zero-order valence-electron chi connectivity index (χ0n) is 10.9. The maximum absolute atomic E-state index is 11.9. The highest BCUT2D eigenvalue weighted by atomic mass is 16.5. The Bertz CT molecular complexity index is 374. The zero-order chi connectivity index (χ0) is 12.7. The Morgan fingerprint density at radius 1 is 1.35 bits per heavy atom. The molecule has 1 aromatic rings. The van der Waals surface area contributed by atoms with E-state index < -0.39 is 0 Å². The van der Waals surface area contributed by atoms with Gasteiger partial charge < -0.3 is 10.1 Å². The van der Waals surface area contributed by atoms with Crippen molar-refractivity contribution in [1.29, 1.82) is 0 Å². The second-order valence-corrected chi connectivity index (χ2v) is 4.12. The summed E-state index contributed by atoms with van der Waals surface area (Å²) in [5, 5.41) is 2.91. The quantitative estimate of drug-likeness (QED) is 0.769. The van der Waals surface area contributed by atoms with Crippen LogP contribution in [0.1, 0.15) is 34.8 Å². The summed E-state index contributed by atoms with van der Waals surface area (Å²) in [4.78, 5) is 11.9. The Morgan fingerprint density at radius 2 is 2.12 bits per heavy atom. The van der Waals surface area contributed by atoms with E-state index in [1.54, 1.807) is 0 Å². The van der Waals surface area contributed by atoms with Crippen LogP contribution in [0.3, 0.4) is 0 Å². The Hall–Kier alpha value is -1.35. The smallest absolute Gasteiger partial charge is 0.251 e. The molecule has 0 saturated heterocycles. The van der Waals surface area contributed by atoms with Gasteiger partial charge in [0.05, 0.1) is 0 Å². The summed E-state index contributed by atoms with van der Waals surface area (Å²) >= 11 is 0. The minimum absolute atomic E-state index is 0.00250. The van der Waals surface area contributed by atoms with Crippen molar-refractivity contribution in [3.8, 4) is 0 Å². The fourth-order valence-corrected chi connectivity index (χ4v) is 1.60. The number of hydrogen-bond donors (Lipinski definition) is 1. The molecule has 1 rings (SSSR count). The van der Waals surface area contributed by atoms with Crippen molar-refractivity contribution in [2.24, 2.45) is 0 Å². The van der Waals surface area contributed by atoms with Gasteiger partial charge in [0.15, 0.2) is 0 Å². The summed E-state index contributed by atoms with van der Waals surface area (Å²) < 4.78 is 5.21. The largest absolute Gasteiger partial charge is 0.382 e. The van der Waals surface area contributed by atoms with Gasteiger partial charge >= 0.3 is 0 Å². The fourth-order valence-electron chi connectivity index (χ4n) is 1.60. The van der Waals surface area contributed by atoms with Crippen LogP contribution in [-0.2, 0) is 4.74 Å². The molecule has 0 saturated carbocycles. The van der Waals surface area contributed by atoms with Crippen LogP contribution >= 0.6 is 0 Å². The first-order valence-corrected chi connectivity index (χ1v) is 6.08. The van der Waals surface area contributed by atoms with E-state index in [9.17, 15) is 4.79 Å². The molecular weight excluding hydrogens is 214 g/mol. The Labute approximate surface area is 103 Å². The summed E-state index contributed by atoms with van der Waals surface area (Å²) in [5.41, 5.74) is 2.88. The monoisotopic (exact) mass is 235 g/mol. The third-order valence-corrected chi connectivity index (χ3v) is 2.59. The highest BCUT2D eigenvalue weighted by Crippen LogP contribution is 2.10. The third-order valence-electron chi connectivity index (χ3n) is 2.59. The number of rotatable bonds is 6. The van der Waals surface area contributed by atoms with Gasteiger partial charge in [-0.05, 0) is 38.8 Å². The van der Waals surface area contributed by atoms with Gasteiger partial charge in [0.1, 0.15) is 0 Å². The first-order valence-electron chi connectivity index (χ1n) is 6.08. The van der Waals surface area contributed by atoms with E-state index in [1.807, 2.05) is 39.0 Å². The van der Waals surface area contributed by atoms with Crippen molar-refractivity contribution < 1.29 is 9.53 Å². The van der Waals surface area contributed by atoms with Crippen molar-refractivity contribution in [2.45, 2.75) is 27.2 Å². The maximum atomic E-state index is 11.9. The summed E-state index contributed by atoms with van der Waals surface area (Å²) in [6.07, 6.45) is 0.852. The van der Waals surface area contributed by atoms with E-state index >= 15 is 0 Å². The Morgan fingerprint density at radius 3 is 2.82 bits per heavy atom. The van der Waals surface area contributed by atoms with Gasteiger partial charge in [-0.15, -0.1) is 0 Å². The van der Waals surface area contributed by atoms with Crippen LogP contribution in [0.15, 0.2) is 18.2 Å². The molecule has 0 aliphatic heterocycles. The topological polar surface area (TPSA) is 38.3 Å². The number of carbonyl (C=O) groups excluding carboxylic acids is 1. The molecule has 1 amide bonds. The Balaban J connectivity index is 2.44. The van der Waals surface area contributed by atoms with E-state index in [0.29, 0.717) is 13.2 Å². The van der Waals surface area contributed by atoms with Crippen LogP contribution in [0.2, 0.25) is 0 Å². The minimum Gasteiger partial charge on any atom is -0.382 e. The molecule has 0 spiro atoms. The third kappa shape index (κ3) is 4.57. The number of nitrogens with one attached hydrogen (secondary N) is 1. The van der Waals surface area contributed by atoms with Crippen molar-refractivity contribution >= 4 is 5.91 Å². The predicted molar refractivity (Wildman–Crippen MR) is 69.4 cm³/mol. The average molecular weight is 235 g/mol. The number of aryl methyl sites for hydroxylation is 2.